The molecule has 0 spiro atoms. The van der Waals surface area contributed by atoms with E-state index in [0.29, 0.717) is 12.6 Å². The molecule has 2 atom stereocenters. The first-order valence-electron chi connectivity index (χ1n) is 7.03. The van der Waals surface area contributed by atoms with E-state index in [9.17, 15) is 27.5 Å². The van der Waals surface area contributed by atoms with Gasteiger partial charge < -0.3 is 20.1 Å². The minimum Gasteiger partial charge on any atom is -0.506 e. The summed E-state index contributed by atoms with van der Waals surface area (Å²) in [5.41, 5.74) is -2.16. The molecule has 25 heavy (non-hydrogen) atoms. The summed E-state index contributed by atoms with van der Waals surface area (Å²) < 4.78 is 58.3. The highest BCUT2D eigenvalue weighted by Crippen LogP contribution is 2.26. The second kappa shape index (κ2) is 7.62. The molecule has 0 aromatic heterocycles. The molecule has 1 aliphatic rings. The highest BCUT2D eigenvalue weighted by atomic mass is 19.2. The molecule has 6 nitrogen and oxygen atoms in total. The highest BCUT2D eigenvalue weighted by molar-refractivity contribution is 6.14. The van der Waals surface area contributed by atoms with Gasteiger partial charge in [-0.05, 0) is 12.5 Å². The molecule has 10 heteroatoms. The van der Waals surface area contributed by atoms with E-state index < -0.39 is 58.3 Å². The SMILES string of the molecule is O=C(O)C(C=NC1OCCC1CO)=C(O)c1cc(F)c(F)c(F)c1F. The summed E-state index contributed by atoms with van der Waals surface area (Å²) >= 11 is 0. The van der Waals surface area contributed by atoms with Crippen molar-refractivity contribution in [2.75, 3.05) is 13.2 Å². The summed E-state index contributed by atoms with van der Waals surface area (Å²) in [7, 11) is 0. The van der Waals surface area contributed by atoms with Crippen LogP contribution in [0.4, 0.5) is 17.6 Å². The second-order valence-electron chi connectivity index (χ2n) is 5.19. The molecule has 1 aromatic carbocycles. The van der Waals surface area contributed by atoms with Crippen molar-refractivity contribution in [1.29, 1.82) is 0 Å². The quantitative estimate of drug-likeness (QED) is 0.186. The fourth-order valence-electron chi connectivity index (χ4n) is 2.22. The van der Waals surface area contributed by atoms with E-state index in [1.165, 1.54) is 0 Å². The van der Waals surface area contributed by atoms with Crippen molar-refractivity contribution in [1.82, 2.24) is 0 Å². The van der Waals surface area contributed by atoms with Crippen molar-refractivity contribution in [3.63, 3.8) is 0 Å². The monoisotopic (exact) mass is 363 g/mol. The summed E-state index contributed by atoms with van der Waals surface area (Å²) in [6.45, 7) is -0.00251. The van der Waals surface area contributed by atoms with Gasteiger partial charge in [0.2, 0.25) is 0 Å². The molecule has 0 amide bonds. The van der Waals surface area contributed by atoms with Gasteiger partial charge in [-0.15, -0.1) is 0 Å². The minimum atomic E-state index is -2.19. The molecule has 136 valence electrons. The van der Waals surface area contributed by atoms with Gasteiger partial charge in [0, 0.05) is 18.7 Å². The van der Waals surface area contributed by atoms with Crippen LogP contribution in [0.5, 0.6) is 0 Å². The average Bonchev–Trinajstić information content (AvgIpc) is 3.03. The van der Waals surface area contributed by atoms with Crippen LogP contribution in [-0.4, -0.2) is 46.9 Å². The molecule has 1 aliphatic heterocycles. The second-order valence-corrected chi connectivity index (χ2v) is 5.19. The Morgan fingerprint density at radius 2 is 1.92 bits per heavy atom. The third-order valence-electron chi connectivity index (χ3n) is 3.61. The predicted octanol–water partition coefficient (Wildman–Crippen LogP) is 2.02. The van der Waals surface area contributed by atoms with Crippen LogP contribution in [0.15, 0.2) is 16.6 Å². The molecule has 0 aliphatic carbocycles. The normalized spacial score (nSPS) is 21.6. The Morgan fingerprint density at radius 3 is 2.52 bits per heavy atom. The molecule has 2 rings (SSSR count). The number of aliphatic imine (C=N–C) groups is 1. The van der Waals surface area contributed by atoms with Crippen LogP contribution in [0.2, 0.25) is 0 Å². The van der Waals surface area contributed by atoms with Gasteiger partial charge in [0.25, 0.3) is 0 Å². The standard InChI is InChI=1S/C15H13F4NO5/c16-9-3-7(10(17)12(19)11(9)18)13(22)8(15(23)24)4-20-14-6(5-21)1-2-25-14/h3-4,6,14,21-22H,1-2,5H2,(H,23,24). The number of hydrogen-bond acceptors (Lipinski definition) is 5. The zero-order valence-electron chi connectivity index (χ0n) is 12.5. The first-order valence-corrected chi connectivity index (χ1v) is 7.03. The zero-order valence-corrected chi connectivity index (χ0v) is 12.5. The Balaban J connectivity index is 2.46. The number of carboxylic acids is 1. The minimum absolute atomic E-state index is 0.127. The molecule has 0 radical (unpaired) electrons. The zero-order chi connectivity index (χ0) is 18.7. The van der Waals surface area contributed by atoms with E-state index in [1.807, 2.05) is 0 Å². The van der Waals surface area contributed by atoms with Crippen LogP contribution < -0.4 is 0 Å². The topological polar surface area (TPSA) is 99.4 Å². The number of carbonyl (C=O) groups is 1. The number of ether oxygens (including phenoxy) is 1. The molecule has 0 saturated carbocycles. The average molecular weight is 363 g/mol. The van der Waals surface area contributed by atoms with Crippen molar-refractivity contribution in [2.45, 2.75) is 12.6 Å². The van der Waals surface area contributed by atoms with Crippen molar-refractivity contribution in [3.05, 3.63) is 40.5 Å². The number of aliphatic hydroxyl groups excluding tert-OH is 2. The maximum absolute atomic E-state index is 13.7. The van der Waals surface area contributed by atoms with Gasteiger partial charge in [-0.1, -0.05) is 0 Å². The number of hydrogen-bond donors (Lipinski definition) is 3. The molecule has 2 unspecified atom stereocenters. The van der Waals surface area contributed by atoms with Gasteiger partial charge in [0.1, 0.15) is 11.3 Å². The lowest BCUT2D eigenvalue weighted by Gasteiger charge is -2.11. The van der Waals surface area contributed by atoms with Crippen LogP contribution in [0, 0.1) is 29.2 Å². The lowest BCUT2D eigenvalue weighted by Crippen LogP contribution is -2.18. The maximum atomic E-state index is 13.7. The van der Waals surface area contributed by atoms with E-state index in [2.05, 4.69) is 4.99 Å². The summed E-state index contributed by atoms with van der Waals surface area (Å²) in [6.07, 6.45) is 0.202. The number of rotatable bonds is 5. The number of benzene rings is 1. The Labute approximate surface area is 138 Å². The summed E-state index contributed by atoms with van der Waals surface area (Å²) in [5, 5.41) is 28.1. The Hall–Kier alpha value is -2.46. The Bertz CT molecular complexity index is 750. The smallest absolute Gasteiger partial charge is 0.341 e. The van der Waals surface area contributed by atoms with Crippen molar-refractivity contribution in [2.24, 2.45) is 10.9 Å². The van der Waals surface area contributed by atoms with Gasteiger partial charge in [-0.3, -0.25) is 4.99 Å². The number of nitrogens with zero attached hydrogens (tertiary/aromatic N) is 1. The molecule has 1 fully saturated rings. The highest BCUT2D eigenvalue weighted by Gasteiger charge is 2.28. The van der Waals surface area contributed by atoms with E-state index in [4.69, 9.17) is 14.9 Å². The van der Waals surface area contributed by atoms with Crippen molar-refractivity contribution in [3.8, 4) is 0 Å². The van der Waals surface area contributed by atoms with Crippen molar-refractivity contribution < 1.29 is 42.4 Å². The third-order valence-corrected chi connectivity index (χ3v) is 3.61. The van der Waals surface area contributed by atoms with Gasteiger partial charge in [0.15, 0.2) is 29.5 Å². The third kappa shape index (κ3) is 3.80. The fourth-order valence-corrected chi connectivity index (χ4v) is 2.22. The molecule has 1 saturated heterocycles. The van der Waals surface area contributed by atoms with E-state index >= 15 is 0 Å². The summed E-state index contributed by atoms with van der Waals surface area (Å²) in [5.74, 6) is -11.6. The van der Waals surface area contributed by atoms with Crippen LogP contribution in [0.25, 0.3) is 5.76 Å². The lowest BCUT2D eigenvalue weighted by atomic mass is 10.1. The van der Waals surface area contributed by atoms with Crippen LogP contribution >= 0.6 is 0 Å². The van der Waals surface area contributed by atoms with Crippen LogP contribution in [0.1, 0.15) is 12.0 Å². The Morgan fingerprint density at radius 1 is 1.24 bits per heavy atom. The summed E-state index contributed by atoms with van der Waals surface area (Å²) in [6, 6.07) is 0.127. The number of aliphatic hydroxyl groups is 2. The van der Waals surface area contributed by atoms with Crippen molar-refractivity contribution >= 4 is 17.9 Å². The van der Waals surface area contributed by atoms with Gasteiger partial charge in [-0.2, -0.15) is 0 Å². The van der Waals surface area contributed by atoms with E-state index in [1.54, 1.807) is 0 Å². The Kier molecular flexibility index (Phi) is 5.75. The number of halogens is 4. The molecule has 1 heterocycles. The number of aliphatic carboxylic acids is 1. The first kappa shape index (κ1) is 18.9. The molecule has 0 bridgehead atoms. The van der Waals surface area contributed by atoms with Gasteiger partial charge in [0.05, 0.1) is 12.2 Å². The molecular formula is C15H13F4NO5. The maximum Gasteiger partial charge on any atom is 0.341 e. The van der Waals surface area contributed by atoms with Crippen LogP contribution in [-0.2, 0) is 9.53 Å². The van der Waals surface area contributed by atoms with Crippen LogP contribution in [0.3, 0.4) is 0 Å². The van der Waals surface area contributed by atoms with Gasteiger partial charge >= 0.3 is 5.97 Å². The lowest BCUT2D eigenvalue weighted by molar-refractivity contribution is -0.132. The molecule has 3 N–H and O–H groups in total. The number of carboxylic acid groups (broad SMARTS) is 1. The van der Waals surface area contributed by atoms with E-state index in [0.717, 1.165) is 0 Å². The fraction of sp³-hybridized carbons (Fsp3) is 0.333. The first-order chi connectivity index (χ1) is 11.8. The predicted molar refractivity (Wildman–Crippen MR) is 76.9 cm³/mol. The largest absolute Gasteiger partial charge is 0.506 e. The summed E-state index contributed by atoms with van der Waals surface area (Å²) in [4.78, 5) is 15.0. The van der Waals surface area contributed by atoms with E-state index in [-0.39, 0.29) is 19.3 Å². The van der Waals surface area contributed by atoms with Gasteiger partial charge in [-0.25, -0.2) is 22.4 Å². The molecular weight excluding hydrogens is 350 g/mol. The molecule has 1 aromatic rings.